The second-order valence-electron chi connectivity index (χ2n) is 5.54. The van der Waals surface area contributed by atoms with E-state index in [1.54, 1.807) is 0 Å². The van der Waals surface area contributed by atoms with Crippen LogP contribution >= 0.6 is 0 Å². The molecule has 4 heteroatoms. The molecule has 2 rings (SSSR count). The van der Waals surface area contributed by atoms with Gasteiger partial charge in [-0.15, -0.1) is 0 Å². The van der Waals surface area contributed by atoms with E-state index >= 15 is 0 Å². The maximum Gasteiger partial charge on any atom is 0.303 e. The van der Waals surface area contributed by atoms with Gasteiger partial charge in [0.05, 0.1) is 0 Å². The van der Waals surface area contributed by atoms with E-state index in [0.717, 1.165) is 37.2 Å². The Morgan fingerprint density at radius 3 is 3.10 bits per heavy atom. The molecule has 0 aromatic heterocycles. The first-order valence-corrected chi connectivity index (χ1v) is 7.29. The monoisotopic (exact) mass is 277 g/mol. The quantitative estimate of drug-likeness (QED) is 0.868. The molecule has 20 heavy (non-hydrogen) atoms. The van der Waals surface area contributed by atoms with Gasteiger partial charge in [0.2, 0.25) is 0 Å². The van der Waals surface area contributed by atoms with Crippen molar-refractivity contribution in [2.45, 2.75) is 38.2 Å². The van der Waals surface area contributed by atoms with Crippen molar-refractivity contribution in [2.75, 3.05) is 20.1 Å². The molecule has 1 heterocycles. The van der Waals surface area contributed by atoms with Gasteiger partial charge in [-0.25, -0.2) is 0 Å². The van der Waals surface area contributed by atoms with Crippen LogP contribution in [0.2, 0.25) is 0 Å². The Balaban J connectivity index is 1.87. The molecule has 1 unspecified atom stereocenters. The summed E-state index contributed by atoms with van der Waals surface area (Å²) in [4.78, 5) is 12.8. The normalized spacial score (nSPS) is 19.8. The number of benzene rings is 1. The zero-order chi connectivity index (χ0) is 14.4. The number of aliphatic carboxylic acids is 1. The van der Waals surface area contributed by atoms with Gasteiger partial charge >= 0.3 is 5.97 Å². The van der Waals surface area contributed by atoms with Crippen molar-refractivity contribution >= 4 is 5.97 Å². The molecule has 1 fully saturated rings. The highest BCUT2D eigenvalue weighted by Crippen LogP contribution is 2.20. The minimum absolute atomic E-state index is 0.221. The van der Waals surface area contributed by atoms with Crippen LogP contribution in [0.4, 0.5) is 0 Å². The lowest BCUT2D eigenvalue weighted by molar-refractivity contribution is -0.137. The first kappa shape index (κ1) is 14.9. The molecule has 4 nitrogen and oxygen atoms in total. The largest absolute Gasteiger partial charge is 0.489 e. The summed E-state index contributed by atoms with van der Waals surface area (Å²) >= 11 is 0. The summed E-state index contributed by atoms with van der Waals surface area (Å²) in [5, 5.41) is 8.66. The number of aryl methyl sites for hydroxylation is 1. The summed E-state index contributed by atoms with van der Waals surface area (Å²) in [7, 11) is 2.12. The van der Waals surface area contributed by atoms with Crippen LogP contribution in [0.1, 0.15) is 31.2 Å². The highest BCUT2D eigenvalue weighted by atomic mass is 16.5. The lowest BCUT2D eigenvalue weighted by atomic mass is 10.1. The van der Waals surface area contributed by atoms with E-state index in [1.165, 1.54) is 6.42 Å². The summed E-state index contributed by atoms with van der Waals surface area (Å²) in [5.41, 5.74) is 1.15. The average molecular weight is 277 g/mol. The highest BCUT2D eigenvalue weighted by molar-refractivity contribution is 5.66. The van der Waals surface area contributed by atoms with Gasteiger partial charge in [-0.3, -0.25) is 4.79 Å². The number of carboxylic acids is 1. The van der Waals surface area contributed by atoms with Crippen LogP contribution in [0.3, 0.4) is 0 Å². The van der Waals surface area contributed by atoms with Crippen molar-refractivity contribution in [3.05, 3.63) is 29.8 Å². The number of ether oxygens (including phenoxy) is 1. The SMILES string of the molecule is CN1CCCC(Oc2cccc(CCCC(=O)O)c2)C1. The molecule has 0 amide bonds. The lowest BCUT2D eigenvalue weighted by Crippen LogP contribution is -2.38. The number of carbonyl (C=O) groups is 1. The van der Waals surface area contributed by atoms with Crippen molar-refractivity contribution in [3.63, 3.8) is 0 Å². The van der Waals surface area contributed by atoms with Crippen molar-refractivity contribution < 1.29 is 14.6 Å². The molecular formula is C16H23NO3. The van der Waals surface area contributed by atoms with E-state index in [1.807, 2.05) is 24.3 Å². The molecule has 0 aliphatic carbocycles. The Kier molecular flexibility index (Phi) is 5.41. The highest BCUT2D eigenvalue weighted by Gasteiger charge is 2.18. The lowest BCUT2D eigenvalue weighted by Gasteiger charge is -2.30. The van der Waals surface area contributed by atoms with E-state index in [2.05, 4.69) is 11.9 Å². The molecule has 1 aliphatic heterocycles. The first-order chi connectivity index (χ1) is 9.63. The van der Waals surface area contributed by atoms with Gasteiger partial charge in [0.25, 0.3) is 0 Å². The van der Waals surface area contributed by atoms with Crippen molar-refractivity contribution in [2.24, 2.45) is 0 Å². The molecule has 1 N–H and O–H groups in total. The Hall–Kier alpha value is -1.55. The van der Waals surface area contributed by atoms with Gasteiger partial charge in [0, 0.05) is 13.0 Å². The van der Waals surface area contributed by atoms with Crippen molar-refractivity contribution in [1.82, 2.24) is 4.90 Å². The molecule has 1 aromatic rings. The second kappa shape index (κ2) is 7.29. The zero-order valence-corrected chi connectivity index (χ0v) is 12.0. The van der Waals surface area contributed by atoms with Gasteiger partial charge in [-0.05, 0) is 57.0 Å². The summed E-state index contributed by atoms with van der Waals surface area (Å²) in [5.74, 6) is 0.167. The topological polar surface area (TPSA) is 49.8 Å². The number of likely N-dealkylation sites (tertiary alicyclic amines) is 1. The summed E-state index contributed by atoms with van der Waals surface area (Å²) in [6, 6.07) is 8.03. The van der Waals surface area contributed by atoms with E-state index in [4.69, 9.17) is 9.84 Å². The third-order valence-electron chi connectivity index (χ3n) is 3.64. The van der Waals surface area contributed by atoms with Crippen molar-refractivity contribution in [3.8, 4) is 5.75 Å². The van der Waals surface area contributed by atoms with Gasteiger partial charge in [-0.2, -0.15) is 0 Å². The van der Waals surface area contributed by atoms with Crippen LogP contribution in [0, 0.1) is 0 Å². The third-order valence-corrected chi connectivity index (χ3v) is 3.64. The fourth-order valence-electron chi connectivity index (χ4n) is 2.63. The number of piperidine rings is 1. The second-order valence-corrected chi connectivity index (χ2v) is 5.54. The Bertz CT molecular complexity index is 447. The number of likely N-dealkylation sites (N-methyl/N-ethyl adjacent to an activating group) is 1. The van der Waals surface area contributed by atoms with E-state index in [-0.39, 0.29) is 12.5 Å². The molecule has 1 aliphatic rings. The molecule has 0 saturated carbocycles. The molecule has 0 spiro atoms. The average Bonchev–Trinajstić information content (AvgIpc) is 2.39. The van der Waals surface area contributed by atoms with Crippen LogP contribution < -0.4 is 4.74 Å². The zero-order valence-electron chi connectivity index (χ0n) is 12.0. The van der Waals surface area contributed by atoms with E-state index in [9.17, 15) is 4.79 Å². The molecule has 110 valence electrons. The maximum atomic E-state index is 10.5. The smallest absolute Gasteiger partial charge is 0.303 e. The van der Waals surface area contributed by atoms with Crippen LogP contribution in [0.25, 0.3) is 0 Å². The minimum Gasteiger partial charge on any atom is -0.489 e. The number of carboxylic acid groups (broad SMARTS) is 1. The molecule has 0 bridgehead atoms. The standard InChI is InChI=1S/C16H23NO3/c1-17-10-4-8-15(12-17)20-14-7-2-5-13(11-14)6-3-9-16(18)19/h2,5,7,11,15H,3-4,6,8-10,12H2,1H3,(H,18,19). The number of hydrogen-bond acceptors (Lipinski definition) is 3. The molecular weight excluding hydrogens is 254 g/mol. The van der Waals surface area contributed by atoms with Crippen LogP contribution in [-0.4, -0.2) is 42.2 Å². The third kappa shape index (κ3) is 4.85. The summed E-state index contributed by atoms with van der Waals surface area (Å²) in [6.07, 6.45) is 4.23. The number of hydrogen-bond donors (Lipinski definition) is 1. The molecule has 1 atom stereocenters. The molecule has 1 saturated heterocycles. The fourth-order valence-corrected chi connectivity index (χ4v) is 2.63. The van der Waals surface area contributed by atoms with Gasteiger partial charge in [0.15, 0.2) is 0 Å². The maximum absolute atomic E-state index is 10.5. The predicted molar refractivity (Wildman–Crippen MR) is 78.2 cm³/mol. The number of rotatable bonds is 6. The van der Waals surface area contributed by atoms with E-state index in [0.29, 0.717) is 6.42 Å². The summed E-state index contributed by atoms with van der Waals surface area (Å²) < 4.78 is 6.04. The van der Waals surface area contributed by atoms with Crippen LogP contribution in [0.5, 0.6) is 5.75 Å². The molecule has 1 aromatic carbocycles. The Labute approximate surface area is 120 Å². The van der Waals surface area contributed by atoms with E-state index < -0.39 is 5.97 Å². The Morgan fingerprint density at radius 1 is 1.50 bits per heavy atom. The predicted octanol–water partition coefficient (Wildman–Crippen LogP) is 2.57. The van der Waals surface area contributed by atoms with Gasteiger partial charge < -0.3 is 14.7 Å². The minimum atomic E-state index is -0.734. The van der Waals surface area contributed by atoms with Crippen molar-refractivity contribution in [1.29, 1.82) is 0 Å². The fraction of sp³-hybridized carbons (Fsp3) is 0.562. The summed E-state index contributed by atoms with van der Waals surface area (Å²) in [6.45, 7) is 2.12. The molecule has 0 radical (unpaired) electrons. The van der Waals surface area contributed by atoms with Crippen LogP contribution in [0.15, 0.2) is 24.3 Å². The van der Waals surface area contributed by atoms with Gasteiger partial charge in [-0.1, -0.05) is 12.1 Å². The first-order valence-electron chi connectivity index (χ1n) is 7.29. The van der Waals surface area contributed by atoms with Gasteiger partial charge in [0.1, 0.15) is 11.9 Å². The number of nitrogens with zero attached hydrogens (tertiary/aromatic N) is 1. The Morgan fingerprint density at radius 2 is 2.35 bits per heavy atom. The van der Waals surface area contributed by atoms with Crippen LogP contribution in [-0.2, 0) is 11.2 Å².